The minimum absolute atomic E-state index is 1.21. The second kappa shape index (κ2) is 7.61. The van der Waals surface area contributed by atoms with Gasteiger partial charge in [-0.25, -0.2) is 0 Å². The van der Waals surface area contributed by atoms with Gasteiger partial charge in [0, 0.05) is 0 Å². The van der Waals surface area contributed by atoms with Crippen LogP contribution in [-0.4, -0.2) is 43.0 Å². The van der Waals surface area contributed by atoms with E-state index >= 15 is 0 Å². The molecule has 0 atom stereocenters. The summed E-state index contributed by atoms with van der Waals surface area (Å²) in [7, 11) is 0. The van der Waals surface area contributed by atoms with E-state index < -0.39 is 43.0 Å². The number of fused-ring (bicyclic) bond motifs is 6. The van der Waals surface area contributed by atoms with Crippen molar-refractivity contribution in [3.05, 3.63) is 54.6 Å². The molecule has 0 heterocycles. The van der Waals surface area contributed by atoms with Crippen molar-refractivity contribution in [2.45, 2.75) is 34.5 Å². The molecule has 4 aromatic carbocycles. The summed E-state index contributed by atoms with van der Waals surface area (Å²) in [6.07, 6.45) is 0. The molecule has 0 spiro atoms. The second-order valence-electron chi connectivity index (χ2n) is 8.18. The monoisotopic (exact) mass is 537 g/mol. The Morgan fingerprint density at radius 1 is 0.407 bits per heavy atom. The van der Waals surface area contributed by atoms with Crippen molar-refractivity contribution in [1.29, 1.82) is 0 Å². The minimum atomic E-state index is -1.21. The van der Waals surface area contributed by atoms with Gasteiger partial charge in [0.15, 0.2) is 0 Å². The molecule has 0 bridgehead atoms. The molecule has 27 heavy (non-hydrogen) atoms. The number of hydrogen-bond donors (Lipinski definition) is 0. The summed E-state index contributed by atoms with van der Waals surface area (Å²) in [6, 6.07) is 21.4. The maximum absolute atomic E-state index is 2.50. The van der Waals surface area contributed by atoms with Crippen LogP contribution in [0.4, 0.5) is 0 Å². The first-order valence-electron chi connectivity index (χ1n) is 9.73. The zero-order valence-electron chi connectivity index (χ0n) is 17.2. The molecule has 0 aliphatic rings. The molecule has 3 radical (unpaired) electrons. The third-order valence-corrected chi connectivity index (χ3v) is 15.0. The molecule has 3 heteroatoms. The molecule has 0 amide bonds. The molecule has 0 aliphatic carbocycles. The SMILES string of the molecule is [CH3][Ge]([CH3])[c]1cccc2c1c1ccc[c]([Ge]([CH3])[CH3])c1c1ccc[c]([Ge]([CH3])[CH3])c21. The van der Waals surface area contributed by atoms with Gasteiger partial charge in [-0.3, -0.25) is 0 Å². The molecule has 4 rings (SSSR count). The summed E-state index contributed by atoms with van der Waals surface area (Å²) in [4.78, 5) is 0. The zero-order valence-corrected chi connectivity index (χ0v) is 23.5. The van der Waals surface area contributed by atoms with Crippen molar-refractivity contribution in [2.75, 3.05) is 0 Å². The topological polar surface area (TPSA) is 0 Å². The predicted octanol–water partition coefficient (Wildman–Crippen LogP) is 5.03. The Morgan fingerprint density at radius 2 is 0.667 bits per heavy atom. The molecule has 0 fully saturated rings. The molecule has 0 unspecified atom stereocenters. The molecule has 0 aromatic heterocycles. The Morgan fingerprint density at radius 3 is 0.889 bits per heavy atom. The third-order valence-electron chi connectivity index (χ3n) is 5.62. The van der Waals surface area contributed by atoms with Crippen molar-refractivity contribution in [3.8, 4) is 0 Å². The normalized spacial score (nSPS) is 12.3. The fourth-order valence-corrected chi connectivity index (χ4v) is 11.9. The van der Waals surface area contributed by atoms with Crippen molar-refractivity contribution < 1.29 is 0 Å². The first kappa shape index (κ1) is 19.6. The van der Waals surface area contributed by atoms with Crippen molar-refractivity contribution >= 4 is 88.6 Å². The van der Waals surface area contributed by atoms with E-state index in [1.807, 2.05) is 0 Å². The Bertz CT molecular complexity index is 980. The fraction of sp³-hybridized carbons (Fsp3) is 0.250. The van der Waals surface area contributed by atoms with E-state index in [9.17, 15) is 0 Å². The summed E-state index contributed by atoms with van der Waals surface area (Å²) in [5, 5.41) is 9.27. The van der Waals surface area contributed by atoms with Crippen LogP contribution in [0.2, 0.25) is 34.5 Å². The molecule has 0 N–H and O–H groups in total. The van der Waals surface area contributed by atoms with E-state index in [0.717, 1.165) is 0 Å². The van der Waals surface area contributed by atoms with E-state index in [1.54, 1.807) is 29.3 Å². The molecular formula is C24H27Ge3. The van der Waals surface area contributed by atoms with Gasteiger partial charge < -0.3 is 0 Å². The first-order valence-corrected chi connectivity index (χ1v) is 25.5. The summed E-state index contributed by atoms with van der Waals surface area (Å²) in [5.41, 5.74) is 0. The molecule has 4 aromatic rings. The number of rotatable bonds is 3. The Labute approximate surface area is 176 Å². The van der Waals surface area contributed by atoms with E-state index in [2.05, 4.69) is 89.1 Å². The standard InChI is InChI=1S/C24H27Ge3/c1-25(2)19-13-7-10-16-22(19)17-11-8-14-20(26(3)4)24(17)18-12-9-15-21(23(16)18)27(5)6/h7-15H,1-6H3. The zero-order chi connectivity index (χ0) is 19.3. The van der Waals surface area contributed by atoms with Gasteiger partial charge in [0.1, 0.15) is 0 Å². The predicted molar refractivity (Wildman–Crippen MR) is 130 cm³/mol. The average Bonchev–Trinajstić information content (AvgIpc) is 2.66. The molecule has 135 valence electrons. The van der Waals surface area contributed by atoms with Gasteiger partial charge in [0.2, 0.25) is 0 Å². The van der Waals surface area contributed by atoms with Gasteiger partial charge in [-0.05, 0) is 0 Å². The van der Waals surface area contributed by atoms with Gasteiger partial charge in [-0.15, -0.1) is 0 Å². The van der Waals surface area contributed by atoms with E-state index in [1.165, 1.54) is 16.2 Å². The summed E-state index contributed by atoms with van der Waals surface area (Å²) < 4.78 is 4.98. The first-order chi connectivity index (χ1) is 12.9. The Hall–Kier alpha value is -0.711. The Balaban J connectivity index is 2.41. The molecule has 0 saturated heterocycles. The van der Waals surface area contributed by atoms with Crippen LogP contribution in [0.5, 0.6) is 0 Å². The van der Waals surface area contributed by atoms with Gasteiger partial charge in [0.25, 0.3) is 0 Å². The van der Waals surface area contributed by atoms with Crippen molar-refractivity contribution in [3.63, 3.8) is 0 Å². The third kappa shape index (κ3) is 3.22. The van der Waals surface area contributed by atoms with E-state index in [4.69, 9.17) is 0 Å². The van der Waals surface area contributed by atoms with Gasteiger partial charge in [-0.2, -0.15) is 0 Å². The molecule has 0 nitrogen and oxygen atoms in total. The van der Waals surface area contributed by atoms with Gasteiger partial charge >= 0.3 is 178 Å². The second-order valence-corrected chi connectivity index (χ2v) is 24.2. The molecular weight excluding hydrogens is 506 g/mol. The summed E-state index contributed by atoms with van der Waals surface area (Å²) in [6.45, 7) is 0. The quantitative estimate of drug-likeness (QED) is 0.256. The van der Waals surface area contributed by atoms with E-state index in [0.29, 0.717) is 0 Å². The van der Waals surface area contributed by atoms with Crippen LogP contribution in [0.3, 0.4) is 0 Å². The Kier molecular flexibility index (Phi) is 5.52. The van der Waals surface area contributed by atoms with E-state index in [-0.39, 0.29) is 0 Å². The molecule has 0 aliphatic heterocycles. The van der Waals surface area contributed by atoms with Gasteiger partial charge in [0.05, 0.1) is 0 Å². The van der Waals surface area contributed by atoms with Crippen molar-refractivity contribution in [2.24, 2.45) is 0 Å². The van der Waals surface area contributed by atoms with Crippen LogP contribution in [0.15, 0.2) is 54.6 Å². The number of hydrogen-bond acceptors (Lipinski definition) is 0. The average molecular weight is 533 g/mol. The van der Waals surface area contributed by atoms with Crippen molar-refractivity contribution in [1.82, 2.24) is 0 Å². The summed E-state index contributed by atoms with van der Waals surface area (Å²) in [5.74, 6) is 15.0. The maximum atomic E-state index is 2.50. The van der Waals surface area contributed by atoms with Crippen LogP contribution in [-0.2, 0) is 0 Å². The fourth-order valence-electron chi connectivity index (χ4n) is 4.40. The van der Waals surface area contributed by atoms with Crippen LogP contribution in [0.1, 0.15) is 0 Å². The van der Waals surface area contributed by atoms with Gasteiger partial charge in [-0.1, -0.05) is 0 Å². The molecule has 0 saturated carbocycles. The summed E-state index contributed by atoms with van der Waals surface area (Å²) >= 11 is -3.63. The van der Waals surface area contributed by atoms with Crippen LogP contribution in [0.25, 0.3) is 32.3 Å². The van der Waals surface area contributed by atoms with Crippen LogP contribution < -0.4 is 13.2 Å². The van der Waals surface area contributed by atoms with Crippen LogP contribution >= 0.6 is 0 Å². The van der Waals surface area contributed by atoms with Crippen LogP contribution in [0, 0.1) is 0 Å². The number of benzene rings is 4.